The molecule has 0 fully saturated rings. The molecule has 2 aromatic heterocycles. The average molecular weight is 284 g/mol. The lowest BCUT2D eigenvalue weighted by atomic mass is 10.1. The summed E-state index contributed by atoms with van der Waals surface area (Å²) in [6, 6.07) is 6.92. The standard InChI is InChI=1S/C13H8N4O4/c18-13(19)10-6-14-11-4-2-1-3-9(11)12(10)16-7-8(5-15-16)17(20)21/h1-7H,(H,18,19). The molecule has 8 nitrogen and oxygen atoms in total. The van der Waals surface area contributed by atoms with Crippen molar-refractivity contribution in [2.45, 2.75) is 0 Å². The lowest BCUT2D eigenvalue weighted by Crippen LogP contribution is -2.07. The van der Waals surface area contributed by atoms with Crippen molar-refractivity contribution in [3.05, 3.63) is 58.5 Å². The highest BCUT2D eigenvalue weighted by molar-refractivity contribution is 6.00. The molecule has 0 unspecified atom stereocenters. The van der Waals surface area contributed by atoms with E-state index < -0.39 is 10.9 Å². The van der Waals surface area contributed by atoms with Gasteiger partial charge >= 0.3 is 11.7 Å². The monoisotopic (exact) mass is 284 g/mol. The predicted octanol–water partition coefficient (Wildman–Crippen LogP) is 2.03. The van der Waals surface area contributed by atoms with Crippen LogP contribution in [0.3, 0.4) is 0 Å². The van der Waals surface area contributed by atoms with Crippen LogP contribution in [0.15, 0.2) is 42.9 Å². The van der Waals surface area contributed by atoms with E-state index in [9.17, 15) is 20.0 Å². The number of hydrogen-bond donors (Lipinski definition) is 1. The molecule has 21 heavy (non-hydrogen) atoms. The number of carboxylic acid groups (broad SMARTS) is 1. The van der Waals surface area contributed by atoms with Gasteiger partial charge in [-0.3, -0.25) is 15.1 Å². The van der Waals surface area contributed by atoms with Gasteiger partial charge in [-0.15, -0.1) is 0 Å². The summed E-state index contributed by atoms with van der Waals surface area (Å²) in [6.07, 6.45) is 3.46. The average Bonchev–Trinajstić information content (AvgIpc) is 2.95. The molecule has 0 aliphatic carbocycles. The Morgan fingerprint density at radius 2 is 2.05 bits per heavy atom. The first-order valence-corrected chi connectivity index (χ1v) is 5.88. The Bertz CT molecular complexity index is 871. The van der Waals surface area contributed by atoms with Crippen LogP contribution < -0.4 is 0 Å². The van der Waals surface area contributed by atoms with Crippen molar-refractivity contribution >= 4 is 22.6 Å². The number of rotatable bonds is 3. The Morgan fingerprint density at radius 1 is 1.29 bits per heavy atom. The minimum Gasteiger partial charge on any atom is -0.478 e. The van der Waals surface area contributed by atoms with E-state index in [1.54, 1.807) is 24.3 Å². The van der Waals surface area contributed by atoms with Crippen LogP contribution in [-0.2, 0) is 0 Å². The van der Waals surface area contributed by atoms with Crippen molar-refractivity contribution in [3.63, 3.8) is 0 Å². The molecule has 3 aromatic rings. The zero-order valence-electron chi connectivity index (χ0n) is 10.5. The first-order chi connectivity index (χ1) is 10.1. The van der Waals surface area contributed by atoms with E-state index >= 15 is 0 Å². The van der Waals surface area contributed by atoms with E-state index in [1.165, 1.54) is 17.1 Å². The van der Waals surface area contributed by atoms with Crippen molar-refractivity contribution in [2.75, 3.05) is 0 Å². The third kappa shape index (κ3) is 2.08. The maximum atomic E-state index is 11.4. The Balaban J connectivity index is 2.34. The van der Waals surface area contributed by atoms with Gasteiger partial charge in [-0.25, -0.2) is 9.48 Å². The second kappa shape index (κ2) is 4.67. The number of nitrogens with zero attached hydrogens (tertiary/aromatic N) is 4. The predicted molar refractivity (Wildman–Crippen MR) is 72.5 cm³/mol. The lowest BCUT2D eigenvalue weighted by Gasteiger charge is -2.09. The summed E-state index contributed by atoms with van der Waals surface area (Å²) in [5, 5.41) is 24.5. The van der Waals surface area contributed by atoms with E-state index in [2.05, 4.69) is 10.1 Å². The molecular weight excluding hydrogens is 276 g/mol. The smallest absolute Gasteiger partial charge is 0.339 e. The van der Waals surface area contributed by atoms with E-state index in [-0.39, 0.29) is 16.9 Å². The summed E-state index contributed by atoms with van der Waals surface area (Å²) in [4.78, 5) is 25.6. The van der Waals surface area contributed by atoms with Gasteiger partial charge in [-0.2, -0.15) is 5.10 Å². The number of nitro groups is 1. The number of pyridine rings is 1. The molecule has 2 heterocycles. The maximum Gasteiger partial charge on any atom is 0.339 e. The quantitative estimate of drug-likeness (QED) is 0.581. The van der Waals surface area contributed by atoms with E-state index in [4.69, 9.17) is 0 Å². The molecule has 0 saturated carbocycles. The summed E-state index contributed by atoms with van der Waals surface area (Å²) in [7, 11) is 0. The zero-order valence-corrected chi connectivity index (χ0v) is 10.5. The summed E-state index contributed by atoms with van der Waals surface area (Å²) < 4.78 is 1.19. The number of aromatic nitrogens is 3. The summed E-state index contributed by atoms with van der Waals surface area (Å²) in [5.41, 5.74) is 0.538. The van der Waals surface area contributed by atoms with Crippen molar-refractivity contribution in [2.24, 2.45) is 0 Å². The number of aromatic carboxylic acids is 1. The van der Waals surface area contributed by atoms with Gasteiger partial charge < -0.3 is 5.11 Å². The van der Waals surface area contributed by atoms with Crippen molar-refractivity contribution < 1.29 is 14.8 Å². The van der Waals surface area contributed by atoms with Crippen molar-refractivity contribution in [1.29, 1.82) is 0 Å². The Morgan fingerprint density at radius 3 is 2.71 bits per heavy atom. The van der Waals surface area contributed by atoms with Crippen LogP contribution in [0, 0.1) is 10.1 Å². The van der Waals surface area contributed by atoms with Crippen LogP contribution in [0.2, 0.25) is 0 Å². The molecule has 1 aromatic carbocycles. The third-order valence-electron chi connectivity index (χ3n) is 2.99. The fourth-order valence-corrected chi connectivity index (χ4v) is 2.06. The molecule has 3 rings (SSSR count). The van der Waals surface area contributed by atoms with Gasteiger partial charge in [0.1, 0.15) is 18.0 Å². The topological polar surface area (TPSA) is 111 Å². The molecule has 0 saturated heterocycles. The number of benzene rings is 1. The molecular formula is C13H8N4O4. The van der Waals surface area contributed by atoms with Crippen LogP contribution in [0.4, 0.5) is 5.69 Å². The zero-order chi connectivity index (χ0) is 15.0. The van der Waals surface area contributed by atoms with Gasteiger partial charge in [0.05, 0.1) is 16.1 Å². The van der Waals surface area contributed by atoms with Gasteiger partial charge in [0.15, 0.2) is 0 Å². The maximum absolute atomic E-state index is 11.4. The molecule has 0 amide bonds. The van der Waals surface area contributed by atoms with Gasteiger partial charge in [0.2, 0.25) is 0 Å². The van der Waals surface area contributed by atoms with Crippen LogP contribution >= 0.6 is 0 Å². The van der Waals surface area contributed by atoms with E-state index in [1.807, 2.05) is 0 Å². The molecule has 0 aliphatic rings. The van der Waals surface area contributed by atoms with Gasteiger partial charge in [-0.1, -0.05) is 18.2 Å². The third-order valence-corrected chi connectivity index (χ3v) is 2.99. The highest BCUT2D eigenvalue weighted by atomic mass is 16.6. The highest BCUT2D eigenvalue weighted by Crippen LogP contribution is 2.25. The molecule has 1 N–H and O–H groups in total. The highest BCUT2D eigenvalue weighted by Gasteiger charge is 2.19. The minimum absolute atomic E-state index is 0.0771. The van der Waals surface area contributed by atoms with Crippen LogP contribution in [0.1, 0.15) is 10.4 Å². The second-order valence-corrected chi connectivity index (χ2v) is 4.24. The number of hydrogen-bond acceptors (Lipinski definition) is 5. The molecule has 0 radical (unpaired) electrons. The van der Waals surface area contributed by atoms with E-state index in [0.29, 0.717) is 10.9 Å². The lowest BCUT2D eigenvalue weighted by molar-refractivity contribution is -0.384. The first kappa shape index (κ1) is 12.7. The van der Waals surface area contributed by atoms with Crippen molar-refractivity contribution in [3.8, 4) is 5.69 Å². The van der Waals surface area contributed by atoms with Crippen molar-refractivity contribution in [1.82, 2.24) is 14.8 Å². The molecule has 0 bridgehead atoms. The molecule has 8 heteroatoms. The SMILES string of the molecule is O=C(O)c1cnc2ccccc2c1-n1cc([N+](=O)[O-])cn1. The Hall–Kier alpha value is -3.29. The first-order valence-electron chi connectivity index (χ1n) is 5.88. The summed E-state index contributed by atoms with van der Waals surface area (Å²) in [6.45, 7) is 0. The number of para-hydroxylation sites is 1. The fourth-order valence-electron chi connectivity index (χ4n) is 2.06. The molecule has 0 atom stereocenters. The normalized spacial score (nSPS) is 10.7. The van der Waals surface area contributed by atoms with Gasteiger partial charge in [0.25, 0.3) is 0 Å². The van der Waals surface area contributed by atoms with Crippen LogP contribution in [0.5, 0.6) is 0 Å². The fraction of sp³-hybridized carbons (Fsp3) is 0. The Labute approximate surface area is 117 Å². The largest absolute Gasteiger partial charge is 0.478 e. The van der Waals surface area contributed by atoms with Crippen LogP contribution in [0.25, 0.3) is 16.6 Å². The van der Waals surface area contributed by atoms with E-state index in [0.717, 1.165) is 6.20 Å². The number of carbonyl (C=O) groups is 1. The Kier molecular flexibility index (Phi) is 2.83. The minimum atomic E-state index is -1.18. The number of fused-ring (bicyclic) bond motifs is 1. The molecule has 0 spiro atoms. The second-order valence-electron chi connectivity index (χ2n) is 4.24. The van der Waals surface area contributed by atoms with Crippen LogP contribution in [-0.4, -0.2) is 30.8 Å². The summed E-state index contributed by atoms with van der Waals surface area (Å²) in [5.74, 6) is -1.18. The summed E-state index contributed by atoms with van der Waals surface area (Å²) >= 11 is 0. The number of carboxylic acids is 1. The molecule has 0 aliphatic heterocycles. The van der Waals surface area contributed by atoms with Gasteiger partial charge in [0, 0.05) is 11.6 Å². The van der Waals surface area contributed by atoms with Gasteiger partial charge in [-0.05, 0) is 6.07 Å². The molecule has 104 valence electrons.